The second-order valence-corrected chi connectivity index (χ2v) is 4.07. The number of benzene rings is 1. The van der Waals surface area contributed by atoms with Crippen LogP contribution in [0.2, 0.25) is 0 Å². The molecule has 0 spiro atoms. The van der Waals surface area contributed by atoms with E-state index in [1.807, 2.05) is 24.4 Å². The van der Waals surface area contributed by atoms with Gasteiger partial charge in [0.05, 0.1) is 7.11 Å². The van der Waals surface area contributed by atoms with Gasteiger partial charge in [0.2, 0.25) is 0 Å². The average Bonchev–Trinajstić information content (AvgIpc) is 2.89. The van der Waals surface area contributed by atoms with Crippen molar-refractivity contribution in [2.75, 3.05) is 7.11 Å². The highest BCUT2D eigenvalue weighted by molar-refractivity contribution is 5.28. The van der Waals surface area contributed by atoms with Gasteiger partial charge in [-0.25, -0.2) is 0 Å². The monoisotopic (exact) mass is 230 g/mol. The van der Waals surface area contributed by atoms with E-state index in [1.54, 1.807) is 7.11 Å². The highest BCUT2D eigenvalue weighted by Crippen LogP contribution is 2.17. The van der Waals surface area contributed by atoms with Gasteiger partial charge in [-0.2, -0.15) is 0 Å². The van der Waals surface area contributed by atoms with Crippen LogP contribution in [0.25, 0.3) is 0 Å². The maximum Gasteiger partial charge on any atom is 0.118 e. The Balaban J connectivity index is 1.92. The molecule has 2 N–H and O–H groups in total. The van der Waals surface area contributed by atoms with E-state index >= 15 is 0 Å². The van der Waals surface area contributed by atoms with Gasteiger partial charge in [0.1, 0.15) is 5.75 Å². The minimum absolute atomic E-state index is 0.323. The van der Waals surface area contributed by atoms with E-state index < -0.39 is 0 Å². The van der Waals surface area contributed by atoms with Crippen molar-refractivity contribution >= 4 is 0 Å². The standard InChI is InChI=1S/C14H18N2O/c1-11(16-10-13-4-3-9-15-13)12-5-7-14(17-2)8-6-12/h3-9,11,15-16H,10H2,1-2H3/t11-/m0/s1. The number of methoxy groups -OCH3 is 1. The van der Waals surface area contributed by atoms with Gasteiger partial charge < -0.3 is 15.0 Å². The Hall–Kier alpha value is -1.74. The second kappa shape index (κ2) is 5.55. The zero-order valence-electron chi connectivity index (χ0n) is 10.2. The summed E-state index contributed by atoms with van der Waals surface area (Å²) in [7, 11) is 1.68. The number of nitrogens with one attached hydrogen (secondary N) is 2. The third kappa shape index (κ3) is 3.11. The van der Waals surface area contributed by atoms with E-state index in [0.717, 1.165) is 12.3 Å². The van der Waals surface area contributed by atoms with Gasteiger partial charge in [-0.15, -0.1) is 0 Å². The molecule has 3 heteroatoms. The number of ether oxygens (including phenoxy) is 1. The molecule has 0 radical (unpaired) electrons. The van der Waals surface area contributed by atoms with Gasteiger partial charge in [0, 0.05) is 24.5 Å². The molecule has 0 fully saturated rings. The van der Waals surface area contributed by atoms with Crippen LogP contribution < -0.4 is 10.1 Å². The maximum absolute atomic E-state index is 5.14. The van der Waals surface area contributed by atoms with Crippen molar-refractivity contribution in [3.63, 3.8) is 0 Å². The van der Waals surface area contributed by atoms with E-state index in [-0.39, 0.29) is 0 Å². The van der Waals surface area contributed by atoms with Crippen LogP contribution in [0.5, 0.6) is 5.75 Å². The fraction of sp³-hybridized carbons (Fsp3) is 0.286. The molecule has 0 aliphatic carbocycles. The summed E-state index contributed by atoms with van der Waals surface area (Å²) < 4.78 is 5.14. The van der Waals surface area contributed by atoms with E-state index in [1.165, 1.54) is 11.3 Å². The predicted octanol–water partition coefficient (Wildman–Crippen LogP) is 2.87. The van der Waals surface area contributed by atoms with Crippen LogP contribution in [0.1, 0.15) is 24.2 Å². The summed E-state index contributed by atoms with van der Waals surface area (Å²) in [6.45, 7) is 3.00. The van der Waals surface area contributed by atoms with E-state index in [4.69, 9.17) is 4.74 Å². The van der Waals surface area contributed by atoms with Gasteiger partial charge in [0.25, 0.3) is 0 Å². The number of aromatic nitrogens is 1. The second-order valence-electron chi connectivity index (χ2n) is 4.07. The largest absolute Gasteiger partial charge is 0.497 e. The van der Waals surface area contributed by atoms with E-state index in [0.29, 0.717) is 6.04 Å². The summed E-state index contributed by atoms with van der Waals surface area (Å²) in [5.41, 5.74) is 2.46. The molecule has 0 amide bonds. The number of rotatable bonds is 5. The third-order valence-corrected chi connectivity index (χ3v) is 2.88. The lowest BCUT2D eigenvalue weighted by atomic mass is 10.1. The lowest BCUT2D eigenvalue weighted by Crippen LogP contribution is -2.18. The van der Waals surface area contributed by atoms with Crippen LogP contribution in [0, 0.1) is 0 Å². The Kier molecular flexibility index (Phi) is 3.83. The summed E-state index contributed by atoms with van der Waals surface area (Å²) in [5, 5.41) is 3.47. The van der Waals surface area contributed by atoms with Crippen LogP contribution >= 0.6 is 0 Å². The lowest BCUT2D eigenvalue weighted by Gasteiger charge is -2.14. The Bertz CT molecular complexity index is 434. The van der Waals surface area contributed by atoms with Crippen molar-refractivity contribution in [3.05, 3.63) is 53.9 Å². The highest BCUT2D eigenvalue weighted by atomic mass is 16.5. The van der Waals surface area contributed by atoms with Gasteiger partial charge in [-0.3, -0.25) is 0 Å². The molecule has 2 rings (SSSR count). The smallest absolute Gasteiger partial charge is 0.118 e. The predicted molar refractivity (Wildman–Crippen MR) is 69.0 cm³/mol. The van der Waals surface area contributed by atoms with Crippen LogP contribution in [-0.4, -0.2) is 12.1 Å². The summed E-state index contributed by atoms with van der Waals surface area (Å²) >= 11 is 0. The number of aromatic amines is 1. The minimum atomic E-state index is 0.323. The molecule has 1 atom stereocenters. The molecule has 1 aromatic carbocycles. The Morgan fingerprint density at radius 1 is 1.24 bits per heavy atom. The third-order valence-electron chi connectivity index (χ3n) is 2.88. The topological polar surface area (TPSA) is 37.0 Å². The molecule has 1 aromatic heterocycles. The Morgan fingerprint density at radius 3 is 2.59 bits per heavy atom. The van der Waals surface area contributed by atoms with Crippen molar-refractivity contribution in [1.29, 1.82) is 0 Å². The van der Waals surface area contributed by atoms with Crippen molar-refractivity contribution in [3.8, 4) is 5.75 Å². The van der Waals surface area contributed by atoms with Gasteiger partial charge in [-0.1, -0.05) is 12.1 Å². The summed E-state index contributed by atoms with van der Waals surface area (Å²) in [4.78, 5) is 3.18. The fourth-order valence-electron chi connectivity index (χ4n) is 1.75. The molecule has 17 heavy (non-hydrogen) atoms. The maximum atomic E-state index is 5.14. The molecule has 0 unspecified atom stereocenters. The number of H-pyrrole nitrogens is 1. The van der Waals surface area contributed by atoms with Gasteiger partial charge in [-0.05, 0) is 36.8 Å². The zero-order chi connectivity index (χ0) is 12.1. The molecular formula is C14H18N2O. The highest BCUT2D eigenvalue weighted by Gasteiger charge is 2.04. The van der Waals surface area contributed by atoms with E-state index in [2.05, 4.69) is 35.4 Å². The first-order chi connectivity index (χ1) is 8.29. The fourth-order valence-corrected chi connectivity index (χ4v) is 1.75. The summed E-state index contributed by atoms with van der Waals surface area (Å²) in [6, 6.07) is 12.6. The van der Waals surface area contributed by atoms with Crippen molar-refractivity contribution in [2.24, 2.45) is 0 Å². The molecular weight excluding hydrogens is 212 g/mol. The van der Waals surface area contributed by atoms with Crippen molar-refractivity contribution in [2.45, 2.75) is 19.5 Å². The molecule has 2 aromatic rings. The Labute approximate surface area is 102 Å². The first-order valence-corrected chi connectivity index (χ1v) is 5.79. The molecule has 0 aliphatic rings. The minimum Gasteiger partial charge on any atom is -0.497 e. The molecule has 0 bridgehead atoms. The summed E-state index contributed by atoms with van der Waals surface area (Å²) in [6.07, 6.45) is 1.94. The van der Waals surface area contributed by atoms with Gasteiger partial charge >= 0.3 is 0 Å². The van der Waals surface area contributed by atoms with Crippen LogP contribution in [-0.2, 0) is 6.54 Å². The molecule has 0 saturated heterocycles. The Morgan fingerprint density at radius 2 is 2.00 bits per heavy atom. The van der Waals surface area contributed by atoms with Crippen molar-refractivity contribution in [1.82, 2.24) is 10.3 Å². The molecule has 90 valence electrons. The van der Waals surface area contributed by atoms with Crippen LogP contribution in [0.15, 0.2) is 42.6 Å². The lowest BCUT2D eigenvalue weighted by molar-refractivity contribution is 0.414. The number of hydrogen-bond donors (Lipinski definition) is 2. The van der Waals surface area contributed by atoms with E-state index in [9.17, 15) is 0 Å². The SMILES string of the molecule is COc1ccc([C@H](C)NCc2ccc[nH]2)cc1. The molecule has 0 aliphatic heterocycles. The molecule has 0 saturated carbocycles. The normalized spacial score (nSPS) is 12.4. The van der Waals surface area contributed by atoms with Crippen LogP contribution in [0.4, 0.5) is 0 Å². The average molecular weight is 230 g/mol. The summed E-state index contributed by atoms with van der Waals surface area (Å²) in [5.74, 6) is 0.894. The van der Waals surface area contributed by atoms with Crippen molar-refractivity contribution < 1.29 is 4.74 Å². The first kappa shape index (κ1) is 11.7. The molecule has 1 heterocycles. The van der Waals surface area contributed by atoms with Gasteiger partial charge in [0.15, 0.2) is 0 Å². The molecule has 3 nitrogen and oxygen atoms in total. The number of hydrogen-bond acceptors (Lipinski definition) is 2. The quantitative estimate of drug-likeness (QED) is 0.828. The zero-order valence-corrected chi connectivity index (χ0v) is 10.2. The van der Waals surface area contributed by atoms with Crippen LogP contribution in [0.3, 0.4) is 0 Å². The first-order valence-electron chi connectivity index (χ1n) is 5.79.